The molecule has 2 atom stereocenters. The van der Waals surface area contributed by atoms with Crippen molar-refractivity contribution in [3.63, 3.8) is 0 Å². The SMILES string of the molecule is C[C@@]1(NC(=O)CCc2cnccn2)CC2(CCN(c3ncco3)CC2)OC[C@H]1O. The van der Waals surface area contributed by atoms with Crippen LogP contribution < -0.4 is 10.2 Å². The molecule has 9 heteroatoms. The van der Waals surface area contributed by atoms with Gasteiger partial charge in [-0.15, -0.1) is 0 Å². The van der Waals surface area contributed by atoms with E-state index in [-0.39, 0.29) is 18.1 Å². The minimum absolute atomic E-state index is 0.105. The number of oxazole rings is 1. The van der Waals surface area contributed by atoms with Gasteiger partial charge in [0.1, 0.15) is 12.4 Å². The summed E-state index contributed by atoms with van der Waals surface area (Å²) in [5.41, 5.74) is -0.325. The molecule has 0 aromatic carbocycles. The number of aryl methyl sites for hydroxylation is 1. The minimum Gasteiger partial charge on any atom is -0.432 e. The average molecular weight is 401 g/mol. The van der Waals surface area contributed by atoms with Crippen LogP contribution in [0.25, 0.3) is 0 Å². The first-order chi connectivity index (χ1) is 14.0. The number of hydrogen-bond acceptors (Lipinski definition) is 8. The van der Waals surface area contributed by atoms with Gasteiger partial charge in [-0.3, -0.25) is 14.8 Å². The van der Waals surface area contributed by atoms with Crippen LogP contribution in [0.15, 0.2) is 35.5 Å². The second kappa shape index (κ2) is 8.08. The highest BCUT2D eigenvalue weighted by Crippen LogP contribution is 2.40. The number of aliphatic hydroxyl groups is 1. The fourth-order valence-electron chi connectivity index (χ4n) is 4.29. The van der Waals surface area contributed by atoms with Crippen molar-refractivity contribution in [2.45, 2.75) is 56.3 Å². The van der Waals surface area contributed by atoms with Gasteiger partial charge in [0.15, 0.2) is 0 Å². The molecule has 2 N–H and O–H groups in total. The highest BCUT2D eigenvalue weighted by Gasteiger charge is 2.50. The van der Waals surface area contributed by atoms with E-state index in [2.05, 4.69) is 25.2 Å². The second-order valence-electron chi connectivity index (χ2n) is 8.15. The molecular formula is C20H27N5O4. The van der Waals surface area contributed by atoms with E-state index in [4.69, 9.17) is 9.15 Å². The summed E-state index contributed by atoms with van der Waals surface area (Å²) < 4.78 is 11.5. The molecule has 0 unspecified atom stereocenters. The quantitative estimate of drug-likeness (QED) is 0.765. The number of aromatic nitrogens is 3. The summed E-state index contributed by atoms with van der Waals surface area (Å²) in [6.45, 7) is 3.63. The van der Waals surface area contributed by atoms with Gasteiger partial charge in [-0.25, -0.2) is 4.98 Å². The third kappa shape index (κ3) is 4.40. The molecule has 0 aliphatic carbocycles. The van der Waals surface area contributed by atoms with Crippen molar-refractivity contribution in [1.29, 1.82) is 0 Å². The van der Waals surface area contributed by atoms with Gasteiger partial charge in [0.05, 0.1) is 29.6 Å². The molecular weight excluding hydrogens is 374 g/mol. The van der Waals surface area contributed by atoms with Gasteiger partial charge >= 0.3 is 0 Å². The number of ether oxygens (including phenoxy) is 1. The summed E-state index contributed by atoms with van der Waals surface area (Å²) in [6.07, 6.45) is 10.3. The summed E-state index contributed by atoms with van der Waals surface area (Å²) in [6, 6.07) is 0.621. The van der Waals surface area contributed by atoms with Crippen LogP contribution in [0.3, 0.4) is 0 Å². The van der Waals surface area contributed by atoms with Gasteiger partial charge in [-0.2, -0.15) is 0 Å². The molecule has 0 saturated carbocycles. The largest absolute Gasteiger partial charge is 0.432 e. The van der Waals surface area contributed by atoms with E-state index in [1.54, 1.807) is 31.1 Å². The minimum atomic E-state index is -0.752. The van der Waals surface area contributed by atoms with Crippen LogP contribution in [0.2, 0.25) is 0 Å². The van der Waals surface area contributed by atoms with Crippen LogP contribution in [-0.2, 0) is 16.0 Å². The molecule has 4 heterocycles. The molecule has 1 spiro atoms. The third-order valence-corrected chi connectivity index (χ3v) is 5.99. The maximum atomic E-state index is 12.6. The number of nitrogens with one attached hydrogen (secondary N) is 1. The van der Waals surface area contributed by atoms with Crippen molar-refractivity contribution in [1.82, 2.24) is 20.3 Å². The Labute approximate surface area is 169 Å². The van der Waals surface area contributed by atoms with Gasteiger partial charge in [0, 0.05) is 44.5 Å². The monoisotopic (exact) mass is 401 g/mol. The molecule has 2 aromatic heterocycles. The zero-order valence-electron chi connectivity index (χ0n) is 16.6. The van der Waals surface area contributed by atoms with Gasteiger partial charge in [0.25, 0.3) is 6.01 Å². The van der Waals surface area contributed by atoms with E-state index in [1.165, 1.54) is 0 Å². The van der Waals surface area contributed by atoms with Crippen molar-refractivity contribution >= 4 is 11.9 Å². The van der Waals surface area contributed by atoms with Crippen LogP contribution in [0, 0.1) is 0 Å². The Balaban J connectivity index is 1.35. The Bertz CT molecular complexity index is 808. The van der Waals surface area contributed by atoms with Crippen LogP contribution in [0.5, 0.6) is 0 Å². The van der Waals surface area contributed by atoms with Crippen LogP contribution in [0.4, 0.5) is 6.01 Å². The van der Waals surface area contributed by atoms with E-state index in [0.29, 0.717) is 25.3 Å². The maximum Gasteiger partial charge on any atom is 0.297 e. The third-order valence-electron chi connectivity index (χ3n) is 5.99. The summed E-state index contributed by atoms with van der Waals surface area (Å²) in [4.78, 5) is 27.1. The number of anilines is 1. The van der Waals surface area contributed by atoms with E-state index >= 15 is 0 Å². The summed E-state index contributed by atoms with van der Waals surface area (Å²) in [7, 11) is 0. The predicted octanol–water partition coefficient (Wildman–Crippen LogP) is 1.09. The topological polar surface area (TPSA) is 114 Å². The molecule has 0 bridgehead atoms. The number of carbonyl (C=O) groups excluding carboxylic acids is 1. The maximum absolute atomic E-state index is 12.6. The Kier molecular flexibility index (Phi) is 5.51. The summed E-state index contributed by atoms with van der Waals surface area (Å²) in [5, 5.41) is 13.6. The van der Waals surface area contributed by atoms with Crippen molar-refractivity contribution in [2.24, 2.45) is 0 Å². The molecule has 4 rings (SSSR count). The molecule has 2 fully saturated rings. The highest BCUT2D eigenvalue weighted by molar-refractivity contribution is 5.77. The molecule has 1 amide bonds. The number of nitrogens with zero attached hydrogens (tertiary/aromatic N) is 4. The lowest BCUT2D eigenvalue weighted by Crippen LogP contribution is -2.65. The van der Waals surface area contributed by atoms with Crippen molar-refractivity contribution in [2.75, 3.05) is 24.6 Å². The van der Waals surface area contributed by atoms with E-state index in [0.717, 1.165) is 31.6 Å². The first-order valence-corrected chi connectivity index (χ1v) is 10.0. The fourth-order valence-corrected chi connectivity index (χ4v) is 4.29. The van der Waals surface area contributed by atoms with Crippen molar-refractivity contribution in [3.05, 3.63) is 36.7 Å². The predicted molar refractivity (Wildman–Crippen MR) is 104 cm³/mol. The molecule has 9 nitrogen and oxygen atoms in total. The Morgan fingerprint density at radius 2 is 2.14 bits per heavy atom. The Morgan fingerprint density at radius 1 is 1.31 bits per heavy atom. The first kappa shape index (κ1) is 19.8. The van der Waals surface area contributed by atoms with Crippen LogP contribution in [-0.4, -0.2) is 62.9 Å². The van der Waals surface area contributed by atoms with Crippen LogP contribution in [0.1, 0.15) is 38.3 Å². The molecule has 29 heavy (non-hydrogen) atoms. The van der Waals surface area contributed by atoms with Gasteiger partial charge in [0.2, 0.25) is 5.91 Å². The number of rotatable bonds is 5. The van der Waals surface area contributed by atoms with Gasteiger partial charge in [-0.1, -0.05) is 0 Å². The van der Waals surface area contributed by atoms with E-state index < -0.39 is 11.6 Å². The van der Waals surface area contributed by atoms with E-state index in [1.807, 2.05) is 6.92 Å². The zero-order chi connectivity index (χ0) is 20.3. The standard InChI is InChI=1S/C20H27N5O4/c1-19(24-17(27)3-2-15-12-21-6-7-22-15)14-20(29-13-16(19)26)4-9-25(10-5-20)18-23-8-11-28-18/h6-8,11-12,16,26H,2-5,9-10,13-14H2,1H3,(H,24,27)/t16-,19-/m1/s1. The van der Waals surface area contributed by atoms with Gasteiger partial charge in [-0.05, 0) is 26.2 Å². The number of piperidine rings is 1. The number of amides is 1. The summed E-state index contributed by atoms with van der Waals surface area (Å²) >= 11 is 0. The fraction of sp³-hybridized carbons (Fsp3) is 0.600. The average Bonchev–Trinajstić information content (AvgIpc) is 3.26. The lowest BCUT2D eigenvalue weighted by Gasteiger charge is -2.51. The first-order valence-electron chi connectivity index (χ1n) is 10.0. The summed E-state index contributed by atoms with van der Waals surface area (Å²) in [5.74, 6) is -0.105. The molecule has 0 radical (unpaired) electrons. The number of carbonyl (C=O) groups is 1. The smallest absolute Gasteiger partial charge is 0.297 e. The van der Waals surface area contributed by atoms with E-state index in [9.17, 15) is 9.90 Å². The molecule has 2 aliphatic heterocycles. The molecule has 2 aromatic rings. The number of aliphatic hydroxyl groups excluding tert-OH is 1. The van der Waals surface area contributed by atoms with Crippen LogP contribution >= 0.6 is 0 Å². The molecule has 2 aliphatic rings. The number of hydrogen-bond donors (Lipinski definition) is 2. The highest BCUT2D eigenvalue weighted by atomic mass is 16.5. The Hall–Kier alpha value is -2.52. The molecule has 2 saturated heterocycles. The Morgan fingerprint density at radius 3 is 2.83 bits per heavy atom. The zero-order valence-corrected chi connectivity index (χ0v) is 16.6. The second-order valence-corrected chi connectivity index (χ2v) is 8.15. The van der Waals surface area contributed by atoms with Gasteiger partial charge < -0.3 is 24.5 Å². The molecule has 156 valence electrons. The lowest BCUT2D eigenvalue weighted by molar-refractivity contribution is -0.172. The normalized spacial score (nSPS) is 26.4. The van der Waals surface area contributed by atoms with Crippen molar-refractivity contribution in [3.8, 4) is 0 Å². The lowest BCUT2D eigenvalue weighted by atomic mass is 9.74. The van der Waals surface area contributed by atoms with Crippen molar-refractivity contribution < 1.29 is 19.1 Å².